The van der Waals surface area contributed by atoms with Crippen LogP contribution in [0.4, 0.5) is 0 Å². The topological polar surface area (TPSA) is 38.9 Å². The molecule has 1 aliphatic carbocycles. The van der Waals surface area contributed by atoms with E-state index in [4.69, 9.17) is 16.1 Å². The summed E-state index contributed by atoms with van der Waals surface area (Å²) in [5.74, 6) is 1.80. The number of rotatable bonds is 2. The van der Waals surface area contributed by atoms with E-state index in [9.17, 15) is 0 Å². The molecule has 1 unspecified atom stereocenters. The number of hydrogen-bond acceptors (Lipinski definition) is 3. The molecule has 0 aromatic carbocycles. The van der Waals surface area contributed by atoms with E-state index >= 15 is 0 Å². The van der Waals surface area contributed by atoms with E-state index in [1.54, 1.807) is 0 Å². The van der Waals surface area contributed by atoms with Gasteiger partial charge in [-0.05, 0) is 35.5 Å². The van der Waals surface area contributed by atoms with Crippen LogP contribution in [0.15, 0.2) is 4.52 Å². The van der Waals surface area contributed by atoms with Crippen LogP contribution in [0.2, 0.25) is 5.28 Å². The third kappa shape index (κ3) is 1.38. The Morgan fingerprint density at radius 1 is 1.64 bits per heavy atom. The van der Waals surface area contributed by atoms with Gasteiger partial charge < -0.3 is 4.52 Å². The average molecular weight is 173 g/mol. The molecule has 1 saturated carbocycles. The summed E-state index contributed by atoms with van der Waals surface area (Å²) in [5.41, 5.74) is 0. The van der Waals surface area contributed by atoms with E-state index in [0.717, 1.165) is 5.92 Å². The summed E-state index contributed by atoms with van der Waals surface area (Å²) in [6, 6.07) is 0. The summed E-state index contributed by atoms with van der Waals surface area (Å²) in [6.07, 6.45) is 2.56. The highest BCUT2D eigenvalue weighted by atomic mass is 35.5. The molecule has 1 aromatic heterocycles. The molecule has 3 nitrogen and oxygen atoms in total. The van der Waals surface area contributed by atoms with E-state index in [0.29, 0.717) is 11.8 Å². The molecule has 60 valence electrons. The van der Waals surface area contributed by atoms with Gasteiger partial charge in [0.05, 0.1) is 0 Å². The molecule has 0 radical (unpaired) electrons. The van der Waals surface area contributed by atoms with E-state index in [1.807, 2.05) is 0 Å². The molecule has 1 heterocycles. The predicted octanol–water partition coefficient (Wildman–Crippen LogP) is 2.24. The van der Waals surface area contributed by atoms with Gasteiger partial charge in [-0.2, -0.15) is 4.98 Å². The van der Waals surface area contributed by atoms with E-state index in [-0.39, 0.29) is 5.28 Å². The van der Waals surface area contributed by atoms with Gasteiger partial charge >= 0.3 is 0 Å². The van der Waals surface area contributed by atoms with E-state index in [1.165, 1.54) is 12.8 Å². The Morgan fingerprint density at radius 2 is 2.36 bits per heavy atom. The zero-order valence-electron chi connectivity index (χ0n) is 6.25. The maximum absolute atomic E-state index is 5.51. The molecule has 0 spiro atoms. The van der Waals surface area contributed by atoms with Crippen LogP contribution < -0.4 is 0 Å². The van der Waals surface area contributed by atoms with Gasteiger partial charge in [-0.3, -0.25) is 0 Å². The van der Waals surface area contributed by atoms with Crippen molar-refractivity contribution in [1.29, 1.82) is 0 Å². The lowest BCUT2D eigenvalue weighted by atomic mass is 10.1. The fourth-order valence-corrected chi connectivity index (χ4v) is 1.32. The van der Waals surface area contributed by atoms with Crippen molar-refractivity contribution in [3.8, 4) is 0 Å². The Balaban J connectivity index is 2.14. The van der Waals surface area contributed by atoms with Gasteiger partial charge in [0.1, 0.15) is 0 Å². The highest BCUT2D eigenvalue weighted by Gasteiger charge is 2.32. The molecule has 0 saturated heterocycles. The first-order chi connectivity index (χ1) is 5.27. The lowest BCUT2D eigenvalue weighted by Gasteiger charge is -2.00. The van der Waals surface area contributed by atoms with Crippen LogP contribution in [0.1, 0.15) is 31.6 Å². The van der Waals surface area contributed by atoms with Gasteiger partial charge in [-0.1, -0.05) is 6.92 Å². The maximum Gasteiger partial charge on any atom is 0.263 e. The minimum Gasteiger partial charge on any atom is -0.338 e. The number of aromatic nitrogens is 2. The highest BCUT2D eigenvalue weighted by molar-refractivity contribution is 6.28. The molecular formula is C7H9ClN2O. The van der Waals surface area contributed by atoms with Crippen molar-refractivity contribution in [3.63, 3.8) is 0 Å². The first kappa shape index (κ1) is 7.10. The monoisotopic (exact) mass is 172 g/mol. The zero-order chi connectivity index (χ0) is 7.84. The van der Waals surface area contributed by atoms with Gasteiger partial charge in [0.25, 0.3) is 5.28 Å². The van der Waals surface area contributed by atoms with Crippen LogP contribution in [-0.2, 0) is 0 Å². The predicted molar refractivity (Wildman–Crippen MR) is 40.4 cm³/mol. The Bertz CT molecular complexity index is 257. The molecule has 1 aromatic rings. The number of hydrogen-bond donors (Lipinski definition) is 0. The lowest BCUT2D eigenvalue weighted by molar-refractivity contribution is 0.348. The Labute approximate surface area is 69.7 Å². The summed E-state index contributed by atoms with van der Waals surface area (Å²) < 4.78 is 4.93. The van der Waals surface area contributed by atoms with E-state index in [2.05, 4.69) is 17.1 Å². The molecule has 1 atom stereocenters. The summed E-state index contributed by atoms with van der Waals surface area (Å²) in [7, 11) is 0. The van der Waals surface area contributed by atoms with Crippen LogP contribution in [0.5, 0.6) is 0 Å². The van der Waals surface area contributed by atoms with Gasteiger partial charge in [0.2, 0.25) is 5.89 Å². The molecule has 4 heteroatoms. The van der Waals surface area contributed by atoms with Crippen molar-refractivity contribution in [2.45, 2.75) is 25.7 Å². The zero-order valence-corrected chi connectivity index (χ0v) is 7.01. The second-order valence-corrected chi connectivity index (χ2v) is 3.37. The van der Waals surface area contributed by atoms with Gasteiger partial charge in [-0.15, -0.1) is 0 Å². The molecule has 11 heavy (non-hydrogen) atoms. The van der Waals surface area contributed by atoms with Crippen molar-refractivity contribution in [1.82, 2.24) is 10.1 Å². The van der Waals surface area contributed by atoms with Crippen LogP contribution in [0.25, 0.3) is 0 Å². The second kappa shape index (κ2) is 2.48. The number of nitrogens with zero attached hydrogens (tertiary/aromatic N) is 2. The molecule has 2 rings (SSSR count). The normalized spacial score (nSPS) is 20.2. The highest BCUT2D eigenvalue weighted by Crippen LogP contribution is 2.41. The standard InChI is InChI=1S/C7H9ClN2O/c1-4(5-2-3-5)6-9-7(8)10-11-6/h4-5H,2-3H2,1H3. The van der Waals surface area contributed by atoms with Crippen molar-refractivity contribution >= 4 is 11.6 Å². The van der Waals surface area contributed by atoms with Crippen molar-refractivity contribution in [2.24, 2.45) is 5.92 Å². The maximum atomic E-state index is 5.51. The molecule has 1 aliphatic rings. The third-order valence-electron chi connectivity index (χ3n) is 2.14. The smallest absolute Gasteiger partial charge is 0.263 e. The van der Waals surface area contributed by atoms with Crippen LogP contribution in [0, 0.1) is 5.92 Å². The summed E-state index contributed by atoms with van der Waals surface area (Å²) in [4.78, 5) is 3.96. The summed E-state index contributed by atoms with van der Waals surface area (Å²) >= 11 is 5.51. The molecule has 0 amide bonds. The van der Waals surface area contributed by atoms with Crippen LogP contribution in [0.3, 0.4) is 0 Å². The molecular weight excluding hydrogens is 164 g/mol. The fourth-order valence-electron chi connectivity index (χ4n) is 1.20. The molecule has 0 N–H and O–H groups in total. The molecule has 0 bridgehead atoms. The first-order valence-electron chi connectivity index (χ1n) is 3.76. The van der Waals surface area contributed by atoms with Crippen LogP contribution >= 0.6 is 11.6 Å². The van der Waals surface area contributed by atoms with Gasteiger partial charge in [0, 0.05) is 5.92 Å². The number of halogens is 1. The SMILES string of the molecule is CC(c1nc(Cl)no1)C1CC1. The van der Waals surface area contributed by atoms with Crippen molar-refractivity contribution < 1.29 is 4.52 Å². The largest absolute Gasteiger partial charge is 0.338 e. The summed E-state index contributed by atoms with van der Waals surface area (Å²) in [6.45, 7) is 2.10. The van der Waals surface area contributed by atoms with Crippen molar-refractivity contribution in [2.75, 3.05) is 0 Å². The average Bonchev–Trinajstić information content (AvgIpc) is 2.74. The molecule has 1 fully saturated rings. The quantitative estimate of drug-likeness (QED) is 0.687. The fraction of sp³-hybridized carbons (Fsp3) is 0.714. The van der Waals surface area contributed by atoms with Crippen molar-refractivity contribution in [3.05, 3.63) is 11.2 Å². The Hall–Kier alpha value is -0.570. The van der Waals surface area contributed by atoms with E-state index < -0.39 is 0 Å². The minimum absolute atomic E-state index is 0.215. The van der Waals surface area contributed by atoms with Gasteiger partial charge in [0.15, 0.2) is 0 Å². The van der Waals surface area contributed by atoms with Crippen LogP contribution in [-0.4, -0.2) is 10.1 Å². The lowest BCUT2D eigenvalue weighted by Crippen LogP contribution is -1.94. The first-order valence-corrected chi connectivity index (χ1v) is 4.14. The minimum atomic E-state index is 0.215. The summed E-state index contributed by atoms with van der Waals surface area (Å²) in [5, 5.41) is 3.74. The Morgan fingerprint density at radius 3 is 2.82 bits per heavy atom. The molecule has 0 aliphatic heterocycles. The van der Waals surface area contributed by atoms with Gasteiger partial charge in [-0.25, -0.2) is 0 Å². The third-order valence-corrected chi connectivity index (χ3v) is 2.29. The Kier molecular flexibility index (Phi) is 1.60. The second-order valence-electron chi connectivity index (χ2n) is 3.03.